The van der Waals surface area contributed by atoms with Crippen molar-refractivity contribution in [3.63, 3.8) is 0 Å². The molecule has 38 heavy (non-hydrogen) atoms. The highest BCUT2D eigenvalue weighted by atomic mass is 35.5. The van der Waals surface area contributed by atoms with E-state index in [1.165, 1.54) is 16.4 Å². The smallest absolute Gasteiger partial charge is 0.391 e. The number of hydrogen-bond acceptors (Lipinski definition) is 7. The summed E-state index contributed by atoms with van der Waals surface area (Å²) in [4.78, 5) is 16.4. The van der Waals surface area contributed by atoms with Crippen LogP contribution in [0.3, 0.4) is 0 Å². The molecule has 0 radical (unpaired) electrons. The van der Waals surface area contributed by atoms with Gasteiger partial charge in [0.15, 0.2) is 0 Å². The van der Waals surface area contributed by atoms with E-state index in [2.05, 4.69) is 27.0 Å². The molecular formula is C26H31ClFN5O4S. The maximum atomic E-state index is 15.3. The Morgan fingerprint density at radius 1 is 1.18 bits per heavy atom. The predicted octanol–water partition coefficient (Wildman–Crippen LogP) is 4.18. The van der Waals surface area contributed by atoms with Gasteiger partial charge in [-0.2, -0.15) is 4.31 Å². The van der Waals surface area contributed by atoms with Crippen LogP contribution in [0.1, 0.15) is 54.3 Å². The summed E-state index contributed by atoms with van der Waals surface area (Å²) in [5.41, 5.74) is 2.46. The summed E-state index contributed by atoms with van der Waals surface area (Å²) in [5, 5.41) is 6.70. The zero-order valence-electron chi connectivity index (χ0n) is 21.7. The van der Waals surface area contributed by atoms with Crippen LogP contribution >= 0.6 is 11.6 Å². The molecule has 3 heterocycles. The molecule has 1 N–H and O–H groups in total. The van der Waals surface area contributed by atoms with E-state index in [0.717, 1.165) is 31.5 Å². The third-order valence-corrected chi connectivity index (χ3v) is 10.0. The fraction of sp³-hybridized carbons (Fsp3) is 0.462. The molecule has 1 aromatic heterocycles. The van der Waals surface area contributed by atoms with E-state index in [0.29, 0.717) is 21.8 Å². The number of aromatic nitrogens is 2. The van der Waals surface area contributed by atoms with E-state index in [9.17, 15) is 13.2 Å². The van der Waals surface area contributed by atoms with Crippen molar-refractivity contribution < 1.29 is 17.2 Å². The van der Waals surface area contributed by atoms with Crippen molar-refractivity contribution >= 4 is 27.3 Å². The number of fused-ring (bicyclic) bond motifs is 1. The van der Waals surface area contributed by atoms with Crippen molar-refractivity contribution in [2.24, 2.45) is 0 Å². The molecule has 0 saturated carbocycles. The lowest BCUT2D eigenvalue weighted by Gasteiger charge is -2.46. The number of nitrogens with one attached hydrogen (secondary N) is 1. The van der Waals surface area contributed by atoms with E-state index < -0.39 is 33.6 Å². The number of rotatable bonds is 5. The summed E-state index contributed by atoms with van der Waals surface area (Å²) in [6, 6.07) is 6.76. The van der Waals surface area contributed by atoms with Crippen LogP contribution in [0, 0.1) is 19.7 Å². The van der Waals surface area contributed by atoms with Crippen LogP contribution in [-0.4, -0.2) is 60.7 Å². The molecule has 0 spiro atoms. The van der Waals surface area contributed by atoms with Gasteiger partial charge in [-0.1, -0.05) is 24.6 Å². The number of benzene rings is 2. The van der Waals surface area contributed by atoms with Crippen molar-refractivity contribution in [2.45, 2.75) is 56.5 Å². The predicted molar refractivity (Wildman–Crippen MR) is 142 cm³/mol. The maximum Gasteiger partial charge on any atom is 0.434 e. The number of H-pyrrole nitrogens is 1. The molecule has 3 aromatic rings. The van der Waals surface area contributed by atoms with Crippen LogP contribution in [-0.2, 0) is 10.0 Å². The third-order valence-electron chi connectivity index (χ3n) is 7.92. The number of nitrogens with zero attached hydrogens (tertiary/aromatic N) is 4. The summed E-state index contributed by atoms with van der Waals surface area (Å²) >= 11 is 6.33. The molecule has 9 nitrogen and oxygen atoms in total. The van der Waals surface area contributed by atoms with E-state index >= 15 is 4.39 Å². The number of aryl methyl sites for hydroxylation is 1. The first-order valence-electron chi connectivity index (χ1n) is 12.6. The van der Waals surface area contributed by atoms with Crippen LogP contribution in [0.2, 0.25) is 5.02 Å². The monoisotopic (exact) mass is 563 g/mol. The Balaban J connectivity index is 1.68. The van der Waals surface area contributed by atoms with Crippen molar-refractivity contribution in [3.05, 3.63) is 74.3 Å². The van der Waals surface area contributed by atoms with E-state index in [1.807, 2.05) is 6.92 Å². The molecule has 2 aromatic carbocycles. The number of likely N-dealkylation sites (tertiary alicyclic amines) is 1. The second kappa shape index (κ2) is 10.1. The van der Waals surface area contributed by atoms with Gasteiger partial charge in [0.2, 0.25) is 15.9 Å². The molecule has 5 rings (SSSR count). The quantitative estimate of drug-likeness (QED) is 0.497. The van der Waals surface area contributed by atoms with Gasteiger partial charge in [-0.25, -0.2) is 22.7 Å². The van der Waals surface area contributed by atoms with Gasteiger partial charge < -0.3 is 14.2 Å². The molecular weight excluding hydrogens is 533 g/mol. The minimum atomic E-state index is -4.12. The van der Waals surface area contributed by atoms with Gasteiger partial charge in [-0.3, -0.25) is 0 Å². The lowest BCUT2D eigenvalue weighted by Crippen LogP contribution is -2.54. The third kappa shape index (κ3) is 4.66. The first-order chi connectivity index (χ1) is 18.0. The van der Waals surface area contributed by atoms with Crippen LogP contribution < -0.4 is 10.7 Å². The lowest BCUT2D eigenvalue weighted by molar-refractivity contribution is 0.207. The summed E-state index contributed by atoms with van der Waals surface area (Å²) in [5.74, 6) is -2.12. The molecule has 0 amide bonds. The Kier molecular flexibility index (Phi) is 7.14. The Bertz CT molecular complexity index is 1520. The number of piperidine rings is 1. The average Bonchev–Trinajstić information content (AvgIpc) is 3.29. The number of sulfonamides is 1. The highest BCUT2D eigenvalue weighted by Gasteiger charge is 2.46. The van der Waals surface area contributed by atoms with E-state index in [-0.39, 0.29) is 23.5 Å². The molecule has 0 bridgehead atoms. The van der Waals surface area contributed by atoms with Crippen LogP contribution in [0.25, 0.3) is 0 Å². The SMILES string of the molecule is Cc1ccc(F)c([C@@H](C)[C@@H](c2n[nH]c(=O)o2)N2CN(C3CCN(C)CC3)c3cc(Cl)ccc3S2(=O)=O)c1C. The average molecular weight is 564 g/mol. The Morgan fingerprint density at radius 2 is 1.89 bits per heavy atom. The number of aromatic amines is 1. The molecule has 1 fully saturated rings. The molecule has 2 atom stereocenters. The first-order valence-corrected chi connectivity index (χ1v) is 14.4. The molecule has 204 valence electrons. The largest absolute Gasteiger partial charge is 0.434 e. The Morgan fingerprint density at radius 3 is 2.55 bits per heavy atom. The summed E-state index contributed by atoms with van der Waals surface area (Å²) in [7, 11) is -2.07. The number of halogens is 2. The number of hydrogen-bond donors (Lipinski definition) is 1. The molecule has 12 heteroatoms. The second-order valence-electron chi connectivity index (χ2n) is 10.2. The van der Waals surface area contributed by atoms with E-state index in [4.69, 9.17) is 16.0 Å². The minimum Gasteiger partial charge on any atom is -0.391 e. The van der Waals surface area contributed by atoms with E-state index in [1.54, 1.807) is 32.0 Å². The van der Waals surface area contributed by atoms with Gasteiger partial charge in [0.25, 0.3) is 0 Å². The number of anilines is 1. The van der Waals surface area contributed by atoms with Gasteiger partial charge in [0.1, 0.15) is 16.8 Å². The van der Waals surface area contributed by atoms with Crippen LogP contribution in [0.15, 0.2) is 44.4 Å². The molecule has 2 aliphatic heterocycles. The van der Waals surface area contributed by atoms with Crippen molar-refractivity contribution in [3.8, 4) is 0 Å². The fourth-order valence-electron chi connectivity index (χ4n) is 5.69. The molecule has 2 aliphatic rings. The fourth-order valence-corrected chi connectivity index (χ4v) is 7.64. The van der Waals surface area contributed by atoms with Crippen molar-refractivity contribution in [2.75, 3.05) is 31.7 Å². The topological polar surface area (TPSA) is 103 Å². The van der Waals surface area contributed by atoms with Gasteiger partial charge in [-0.15, -0.1) is 5.10 Å². The van der Waals surface area contributed by atoms with Crippen molar-refractivity contribution in [1.82, 2.24) is 19.4 Å². The van der Waals surface area contributed by atoms with Crippen LogP contribution in [0.4, 0.5) is 10.1 Å². The second-order valence-corrected chi connectivity index (χ2v) is 12.5. The summed E-state index contributed by atoms with van der Waals surface area (Å²) in [6.45, 7) is 7.11. The molecule has 0 unspecified atom stereocenters. The minimum absolute atomic E-state index is 0.0257. The maximum absolute atomic E-state index is 15.3. The standard InChI is InChI=1S/C26H31ClFN5O4S/c1-15-5-7-20(28)23(16(15)2)17(3)24(25-29-30-26(34)37-25)33-14-32(19-9-11-31(4)12-10-19)21-13-18(27)6-8-22(21)38(33,35)36/h5-8,13,17,19,24H,9-12,14H2,1-4H3,(H,30,34)/t17-,24+/m1/s1. The lowest BCUT2D eigenvalue weighted by atomic mass is 9.87. The molecule has 1 saturated heterocycles. The van der Waals surface area contributed by atoms with Gasteiger partial charge in [0, 0.05) is 17.0 Å². The Hall–Kier alpha value is -2.73. The first kappa shape index (κ1) is 26.9. The van der Waals surface area contributed by atoms with Gasteiger partial charge in [-0.05, 0) is 87.8 Å². The van der Waals surface area contributed by atoms with Crippen LogP contribution in [0.5, 0.6) is 0 Å². The van der Waals surface area contributed by atoms with Crippen molar-refractivity contribution in [1.29, 1.82) is 0 Å². The van der Waals surface area contributed by atoms with Gasteiger partial charge in [0.05, 0.1) is 12.4 Å². The zero-order chi connectivity index (χ0) is 27.4. The Labute approximate surface area is 226 Å². The summed E-state index contributed by atoms with van der Waals surface area (Å²) < 4.78 is 50.3. The normalized spacial score (nSPS) is 20.3. The van der Waals surface area contributed by atoms with Gasteiger partial charge >= 0.3 is 5.76 Å². The summed E-state index contributed by atoms with van der Waals surface area (Å²) in [6.07, 6.45) is 1.67. The highest BCUT2D eigenvalue weighted by molar-refractivity contribution is 7.89. The highest BCUT2D eigenvalue weighted by Crippen LogP contribution is 2.45. The molecule has 0 aliphatic carbocycles. The zero-order valence-corrected chi connectivity index (χ0v) is 23.3.